The van der Waals surface area contributed by atoms with Crippen molar-refractivity contribution in [3.8, 4) is 5.75 Å². The van der Waals surface area contributed by atoms with E-state index < -0.39 is 0 Å². The topological polar surface area (TPSA) is 24.5 Å². The average molecular weight is 260 g/mol. The molecular weight excluding hydrogens is 236 g/mol. The number of hydrogen-bond acceptors (Lipinski definition) is 3. The Balaban J connectivity index is 1.70. The normalized spacial score (nSPS) is 25.9. The summed E-state index contributed by atoms with van der Waals surface area (Å²) < 4.78 is 5.93. The first-order valence-electron chi connectivity index (χ1n) is 7.28. The van der Waals surface area contributed by atoms with Crippen LogP contribution in [0.25, 0.3) is 0 Å². The van der Waals surface area contributed by atoms with Gasteiger partial charge in [-0.3, -0.25) is 4.90 Å². The Morgan fingerprint density at radius 3 is 3.05 bits per heavy atom. The zero-order valence-electron chi connectivity index (χ0n) is 12.2. The Labute approximate surface area is 115 Å². The number of fused-ring (bicyclic) bond motifs is 1. The van der Waals surface area contributed by atoms with Crippen LogP contribution in [0.4, 0.5) is 0 Å². The predicted octanol–water partition coefficient (Wildman–Crippen LogP) is 2.19. The maximum absolute atomic E-state index is 5.93. The van der Waals surface area contributed by atoms with Crippen LogP contribution in [-0.2, 0) is 13.0 Å². The van der Waals surface area contributed by atoms with Gasteiger partial charge in [0.25, 0.3) is 0 Å². The second-order valence-corrected chi connectivity index (χ2v) is 6.57. The summed E-state index contributed by atoms with van der Waals surface area (Å²) in [6, 6.07) is 7.29. The van der Waals surface area contributed by atoms with Crippen molar-refractivity contribution < 1.29 is 4.74 Å². The first kappa shape index (κ1) is 12.9. The maximum Gasteiger partial charge on any atom is 0.123 e. The van der Waals surface area contributed by atoms with Gasteiger partial charge in [-0.25, -0.2) is 0 Å². The number of nitrogens with zero attached hydrogens (tertiary/aromatic N) is 1. The molecule has 3 heteroatoms. The van der Waals surface area contributed by atoms with Gasteiger partial charge in [0.2, 0.25) is 0 Å². The molecule has 1 aromatic rings. The summed E-state index contributed by atoms with van der Waals surface area (Å²) in [4.78, 5) is 2.53. The minimum Gasteiger partial charge on any atom is -0.487 e. The molecule has 1 aromatic carbocycles. The zero-order chi connectivity index (χ0) is 13.5. The first-order valence-corrected chi connectivity index (χ1v) is 7.28. The molecule has 0 bridgehead atoms. The van der Waals surface area contributed by atoms with Crippen LogP contribution in [0.1, 0.15) is 31.9 Å². The van der Waals surface area contributed by atoms with Gasteiger partial charge in [-0.2, -0.15) is 0 Å². The molecule has 1 saturated heterocycles. The van der Waals surface area contributed by atoms with E-state index in [0.717, 1.165) is 38.3 Å². The molecule has 0 aliphatic carbocycles. The van der Waals surface area contributed by atoms with Crippen molar-refractivity contribution in [3.63, 3.8) is 0 Å². The minimum absolute atomic E-state index is 0.0372. The number of rotatable bonds is 2. The molecule has 1 atom stereocenters. The Hall–Kier alpha value is -1.06. The van der Waals surface area contributed by atoms with Gasteiger partial charge in [0, 0.05) is 38.6 Å². The van der Waals surface area contributed by atoms with Crippen LogP contribution < -0.4 is 10.1 Å². The first-order chi connectivity index (χ1) is 9.02. The quantitative estimate of drug-likeness (QED) is 0.882. The lowest BCUT2D eigenvalue weighted by Crippen LogP contribution is -2.48. The number of hydrogen-bond donors (Lipinski definition) is 1. The lowest BCUT2D eigenvalue weighted by atomic mass is 10.00. The smallest absolute Gasteiger partial charge is 0.123 e. The molecule has 0 unspecified atom stereocenters. The van der Waals surface area contributed by atoms with Crippen molar-refractivity contribution in [3.05, 3.63) is 29.3 Å². The third kappa shape index (κ3) is 2.93. The van der Waals surface area contributed by atoms with Crippen LogP contribution >= 0.6 is 0 Å². The van der Waals surface area contributed by atoms with Gasteiger partial charge in [0.1, 0.15) is 11.4 Å². The molecule has 3 rings (SSSR count). The summed E-state index contributed by atoms with van der Waals surface area (Å²) in [5.74, 6) is 1.07. The van der Waals surface area contributed by atoms with Crippen LogP contribution in [0.15, 0.2) is 18.2 Å². The molecule has 1 N–H and O–H groups in total. The second kappa shape index (κ2) is 4.80. The molecule has 0 aromatic heterocycles. The highest BCUT2D eigenvalue weighted by atomic mass is 16.5. The van der Waals surface area contributed by atoms with Crippen molar-refractivity contribution >= 4 is 0 Å². The van der Waals surface area contributed by atoms with Crippen molar-refractivity contribution in [2.75, 3.05) is 19.6 Å². The number of piperazine rings is 1. The van der Waals surface area contributed by atoms with E-state index in [4.69, 9.17) is 4.74 Å². The Kier molecular flexibility index (Phi) is 3.27. The zero-order valence-corrected chi connectivity index (χ0v) is 12.2. The summed E-state index contributed by atoms with van der Waals surface area (Å²) in [6.07, 6.45) is 1.02. The SMILES string of the molecule is C[C@H]1CN(Cc2ccc3c(c2)CC(C)(C)O3)CCN1. The van der Waals surface area contributed by atoms with Crippen LogP contribution in [-0.4, -0.2) is 36.2 Å². The fourth-order valence-corrected chi connectivity index (χ4v) is 3.18. The molecule has 1 fully saturated rings. The monoisotopic (exact) mass is 260 g/mol. The highest BCUT2D eigenvalue weighted by molar-refractivity contribution is 5.41. The Morgan fingerprint density at radius 2 is 2.26 bits per heavy atom. The highest BCUT2D eigenvalue weighted by Gasteiger charge is 2.30. The van der Waals surface area contributed by atoms with E-state index in [1.54, 1.807) is 0 Å². The molecule has 2 aliphatic heterocycles. The van der Waals surface area contributed by atoms with Crippen LogP contribution in [0.5, 0.6) is 5.75 Å². The molecule has 2 aliphatic rings. The molecule has 0 radical (unpaired) electrons. The largest absolute Gasteiger partial charge is 0.487 e. The number of nitrogens with one attached hydrogen (secondary N) is 1. The van der Waals surface area contributed by atoms with Gasteiger partial charge in [-0.1, -0.05) is 12.1 Å². The van der Waals surface area contributed by atoms with Crippen LogP contribution in [0, 0.1) is 0 Å². The average Bonchev–Trinajstić information content (AvgIpc) is 2.62. The lowest BCUT2D eigenvalue weighted by Gasteiger charge is -2.31. The van der Waals surface area contributed by atoms with Crippen LogP contribution in [0.3, 0.4) is 0 Å². The summed E-state index contributed by atoms with van der Waals surface area (Å²) in [7, 11) is 0. The molecule has 104 valence electrons. The van der Waals surface area contributed by atoms with Crippen molar-refractivity contribution in [2.24, 2.45) is 0 Å². The van der Waals surface area contributed by atoms with E-state index >= 15 is 0 Å². The lowest BCUT2D eigenvalue weighted by molar-refractivity contribution is 0.138. The molecule has 0 amide bonds. The molecule has 2 heterocycles. The van der Waals surface area contributed by atoms with Gasteiger partial charge in [-0.05, 0) is 38.0 Å². The van der Waals surface area contributed by atoms with Gasteiger partial charge < -0.3 is 10.1 Å². The minimum atomic E-state index is -0.0372. The van der Waals surface area contributed by atoms with E-state index in [1.165, 1.54) is 11.1 Å². The van der Waals surface area contributed by atoms with E-state index in [1.807, 2.05) is 0 Å². The van der Waals surface area contributed by atoms with Gasteiger partial charge in [0.05, 0.1) is 0 Å². The predicted molar refractivity (Wildman–Crippen MR) is 77.6 cm³/mol. The van der Waals surface area contributed by atoms with Crippen molar-refractivity contribution in [2.45, 2.75) is 45.4 Å². The molecular formula is C16H24N2O. The van der Waals surface area contributed by atoms with E-state index in [-0.39, 0.29) is 5.60 Å². The number of ether oxygens (including phenoxy) is 1. The second-order valence-electron chi connectivity index (χ2n) is 6.57. The maximum atomic E-state index is 5.93. The standard InChI is InChI=1S/C16H24N2O/c1-12-10-18(7-6-17-12)11-13-4-5-15-14(8-13)9-16(2,3)19-15/h4-5,8,12,17H,6-7,9-11H2,1-3H3/t12-/m0/s1. The molecule has 0 saturated carbocycles. The van der Waals surface area contributed by atoms with Crippen molar-refractivity contribution in [1.29, 1.82) is 0 Å². The molecule has 19 heavy (non-hydrogen) atoms. The van der Waals surface area contributed by atoms with Gasteiger partial charge in [-0.15, -0.1) is 0 Å². The summed E-state index contributed by atoms with van der Waals surface area (Å²) >= 11 is 0. The highest BCUT2D eigenvalue weighted by Crippen LogP contribution is 2.35. The van der Waals surface area contributed by atoms with E-state index in [9.17, 15) is 0 Å². The molecule has 3 nitrogen and oxygen atoms in total. The van der Waals surface area contributed by atoms with Crippen molar-refractivity contribution in [1.82, 2.24) is 10.2 Å². The number of benzene rings is 1. The third-order valence-electron chi connectivity index (χ3n) is 3.99. The molecule has 0 spiro atoms. The third-order valence-corrected chi connectivity index (χ3v) is 3.99. The Morgan fingerprint density at radius 1 is 1.42 bits per heavy atom. The fourth-order valence-electron chi connectivity index (χ4n) is 3.18. The fraction of sp³-hybridized carbons (Fsp3) is 0.625. The van der Waals surface area contributed by atoms with Crippen LogP contribution in [0.2, 0.25) is 0 Å². The van der Waals surface area contributed by atoms with E-state index in [2.05, 4.69) is 49.2 Å². The Bertz CT molecular complexity index is 470. The van der Waals surface area contributed by atoms with Gasteiger partial charge in [0.15, 0.2) is 0 Å². The summed E-state index contributed by atoms with van der Waals surface area (Å²) in [6.45, 7) is 11.0. The van der Waals surface area contributed by atoms with Gasteiger partial charge >= 0.3 is 0 Å². The summed E-state index contributed by atoms with van der Waals surface area (Å²) in [5.41, 5.74) is 2.74. The van der Waals surface area contributed by atoms with E-state index in [0.29, 0.717) is 6.04 Å². The summed E-state index contributed by atoms with van der Waals surface area (Å²) in [5, 5.41) is 3.49.